The van der Waals surface area contributed by atoms with Crippen molar-refractivity contribution >= 4 is 45.6 Å². The topological polar surface area (TPSA) is 82.0 Å². The van der Waals surface area contributed by atoms with Crippen LogP contribution in [-0.4, -0.2) is 11.8 Å². The largest absolute Gasteiger partial charge is 0.326 e. The number of benzene rings is 3. The molecule has 0 radical (unpaired) electrons. The molecule has 1 heterocycles. The van der Waals surface area contributed by atoms with Crippen LogP contribution in [0.15, 0.2) is 89.8 Å². The summed E-state index contributed by atoms with van der Waals surface area (Å²) in [5.41, 5.74) is 4.40. The average Bonchev–Trinajstić information content (AvgIpc) is 3.32. The molecule has 0 saturated heterocycles. The van der Waals surface area contributed by atoms with E-state index in [9.17, 15) is 14.9 Å². The first-order valence-electron chi connectivity index (χ1n) is 14.2. The second-order valence-electron chi connectivity index (χ2n) is 11.8. The van der Waals surface area contributed by atoms with Crippen LogP contribution in [0.2, 0.25) is 0 Å². The van der Waals surface area contributed by atoms with Gasteiger partial charge in [0.25, 0.3) is 0 Å². The van der Waals surface area contributed by atoms with Crippen LogP contribution in [0.3, 0.4) is 0 Å². The molecule has 2 atom stereocenters. The highest BCUT2D eigenvalue weighted by molar-refractivity contribution is 8.00. The summed E-state index contributed by atoms with van der Waals surface area (Å²) >= 11 is 2.98. The van der Waals surface area contributed by atoms with E-state index in [2.05, 4.69) is 37.5 Å². The fraction of sp³-hybridized carbons (Fsp3) is 0.286. The smallest absolute Gasteiger partial charge is 0.243 e. The van der Waals surface area contributed by atoms with Gasteiger partial charge in [0.05, 0.1) is 12.0 Å². The number of nitrogens with one attached hydrogen (secondary N) is 2. The molecule has 5 nitrogen and oxygen atoms in total. The number of amides is 2. The summed E-state index contributed by atoms with van der Waals surface area (Å²) in [4.78, 5) is 28.6. The molecule has 0 spiro atoms. The highest BCUT2D eigenvalue weighted by Crippen LogP contribution is 2.45. The first-order valence-corrected chi connectivity index (χ1v) is 15.9. The van der Waals surface area contributed by atoms with Crippen LogP contribution in [0.25, 0.3) is 0 Å². The Bertz CT molecular complexity index is 1600. The minimum absolute atomic E-state index is 0.0971. The predicted molar refractivity (Wildman–Crippen MR) is 173 cm³/mol. The van der Waals surface area contributed by atoms with Crippen LogP contribution >= 0.6 is 23.1 Å². The Kier molecular flexibility index (Phi) is 9.15. The van der Waals surface area contributed by atoms with Gasteiger partial charge in [-0.05, 0) is 65.5 Å². The van der Waals surface area contributed by atoms with Gasteiger partial charge in [-0.3, -0.25) is 9.59 Å². The molecule has 2 unspecified atom stereocenters. The lowest BCUT2D eigenvalue weighted by Gasteiger charge is -2.33. The SMILES string of the molecule is CC(C)(C)C1CCc2c(sc(NC(=O)C(Sc3cccc(NC(=O)Cc4ccccc4)c3)c3ccccc3)c2C#N)C1. The molecular weight excluding hydrogens is 559 g/mol. The predicted octanol–water partition coefficient (Wildman–Crippen LogP) is 8.42. The third kappa shape index (κ3) is 7.13. The fourth-order valence-corrected chi connectivity index (χ4v) is 7.74. The maximum absolute atomic E-state index is 13.9. The number of anilines is 2. The highest BCUT2D eigenvalue weighted by atomic mass is 32.2. The van der Waals surface area contributed by atoms with E-state index in [0.29, 0.717) is 22.2 Å². The van der Waals surface area contributed by atoms with Crippen molar-refractivity contribution in [1.29, 1.82) is 5.26 Å². The molecule has 42 heavy (non-hydrogen) atoms. The lowest BCUT2D eigenvalue weighted by molar-refractivity contribution is -0.116. The van der Waals surface area contributed by atoms with E-state index < -0.39 is 5.25 Å². The molecule has 1 aliphatic rings. The van der Waals surface area contributed by atoms with E-state index in [1.54, 1.807) is 11.3 Å². The molecule has 0 saturated carbocycles. The number of fused-ring (bicyclic) bond motifs is 1. The van der Waals surface area contributed by atoms with Crippen molar-refractivity contribution in [3.63, 3.8) is 0 Å². The molecular formula is C35H35N3O2S2. The van der Waals surface area contributed by atoms with E-state index in [1.807, 2.05) is 84.9 Å². The van der Waals surface area contributed by atoms with Gasteiger partial charge in [0, 0.05) is 15.5 Å². The Morgan fingerprint density at radius 1 is 1.00 bits per heavy atom. The minimum Gasteiger partial charge on any atom is -0.326 e. The van der Waals surface area contributed by atoms with Gasteiger partial charge in [0.2, 0.25) is 11.8 Å². The summed E-state index contributed by atoms with van der Waals surface area (Å²) in [6.45, 7) is 6.82. The summed E-state index contributed by atoms with van der Waals surface area (Å²) in [5.74, 6) is 0.277. The van der Waals surface area contributed by atoms with E-state index in [1.165, 1.54) is 16.6 Å². The van der Waals surface area contributed by atoms with E-state index in [-0.39, 0.29) is 23.7 Å². The van der Waals surface area contributed by atoms with Gasteiger partial charge in [0.1, 0.15) is 16.3 Å². The minimum atomic E-state index is -0.547. The lowest BCUT2D eigenvalue weighted by atomic mass is 9.72. The number of rotatable bonds is 8. The van der Waals surface area contributed by atoms with E-state index in [0.717, 1.165) is 40.8 Å². The maximum Gasteiger partial charge on any atom is 0.243 e. The summed E-state index contributed by atoms with van der Waals surface area (Å²) < 4.78 is 0. The quantitative estimate of drug-likeness (QED) is 0.201. The van der Waals surface area contributed by atoms with Gasteiger partial charge in [-0.15, -0.1) is 23.1 Å². The van der Waals surface area contributed by atoms with Crippen molar-refractivity contribution in [2.45, 2.75) is 56.6 Å². The van der Waals surface area contributed by atoms with Crippen molar-refractivity contribution in [1.82, 2.24) is 0 Å². The van der Waals surface area contributed by atoms with E-state index >= 15 is 0 Å². The number of hydrogen-bond donors (Lipinski definition) is 2. The van der Waals surface area contributed by atoms with Crippen LogP contribution in [0.1, 0.15) is 59.6 Å². The monoisotopic (exact) mass is 593 g/mol. The van der Waals surface area contributed by atoms with Gasteiger partial charge in [-0.25, -0.2) is 0 Å². The summed E-state index contributed by atoms with van der Waals surface area (Å²) in [7, 11) is 0. The van der Waals surface area contributed by atoms with Gasteiger partial charge in [-0.2, -0.15) is 5.26 Å². The molecule has 7 heteroatoms. The zero-order chi connectivity index (χ0) is 29.7. The highest BCUT2D eigenvalue weighted by Gasteiger charge is 2.33. The second kappa shape index (κ2) is 13.0. The van der Waals surface area contributed by atoms with Crippen LogP contribution in [0.4, 0.5) is 10.7 Å². The second-order valence-corrected chi connectivity index (χ2v) is 14.0. The van der Waals surface area contributed by atoms with Gasteiger partial charge in [0.15, 0.2) is 0 Å². The number of nitrogens with zero attached hydrogens (tertiary/aromatic N) is 1. The maximum atomic E-state index is 13.9. The van der Waals surface area contributed by atoms with Crippen molar-refractivity contribution in [2.75, 3.05) is 10.6 Å². The Morgan fingerprint density at radius 2 is 1.71 bits per heavy atom. The summed E-state index contributed by atoms with van der Waals surface area (Å²) in [5, 5.41) is 16.3. The Balaban J connectivity index is 1.35. The molecule has 2 amide bonds. The van der Waals surface area contributed by atoms with Crippen molar-refractivity contribution in [3.8, 4) is 6.07 Å². The first kappa shape index (κ1) is 29.6. The zero-order valence-electron chi connectivity index (χ0n) is 24.1. The van der Waals surface area contributed by atoms with Gasteiger partial charge >= 0.3 is 0 Å². The van der Waals surface area contributed by atoms with Gasteiger partial charge < -0.3 is 10.6 Å². The summed E-state index contributed by atoms with van der Waals surface area (Å²) in [6, 6.07) is 29.3. The normalized spacial score (nSPS) is 15.2. The molecule has 5 rings (SSSR count). The molecule has 0 bridgehead atoms. The Labute approximate surface area is 256 Å². The van der Waals surface area contributed by atoms with Crippen LogP contribution in [0, 0.1) is 22.7 Å². The van der Waals surface area contributed by atoms with Crippen LogP contribution in [0.5, 0.6) is 0 Å². The number of carbonyl (C=O) groups excluding carboxylic acids is 2. The number of hydrogen-bond acceptors (Lipinski definition) is 5. The molecule has 1 aliphatic carbocycles. The average molecular weight is 594 g/mol. The van der Waals surface area contributed by atoms with Gasteiger partial charge in [-0.1, -0.05) is 87.5 Å². The third-order valence-corrected chi connectivity index (χ3v) is 10.2. The molecule has 3 aromatic carbocycles. The Hall–Kier alpha value is -3.86. The third-order valence-electron chi connectivity index (χ3n) is 7.76. The summed E-state index contributed by atoms with van der Waals surface area (Å²) in [6.07, 6.45) is 3.14. The van der Waals surface area contributed by atoms with E-state index in [4.69, 9.17) is 0 Å². The number of nitriles is 1. The van der Waals surface area contributed by atoms with Crippen LogP contribution in [-0.2, 0) is 28.9 Å². The number of thioether (sulfide) groups is 1. The molecule has 1 aromatic heterocycles. The Morgan fingerprint density at radius 3 is 2.40 bits per heavy atom. The molecule has 0 aliphatic heterocycles. The molecule has 2 N–H and O–H groups in total. The van der Waals surface area contributed by atoms with Crippen LogP contribution < -0.4 is 10.6 Å². The van der Waals surface area contributed by atoms with Crippen molar-refractivity contribution < 1.29 is 9.59 Å². The standard InChI is InChI=1S/C35H35N3O2S2/c1-35(2,3)25-17-18-28-29(22-36)34(42-30(28)20-25)38-33(40)32(24-13-8-5-9-14-24)41-27-16-10-15-26(21-27)37-31(39)19-23-11-6-4-7-12-23/h4-16,21,25,32H,17-20H2,1-3H3,(H,37,39)(H,38,40). The van der Waals surface area contributed by atoms with Crippen molar-refractivity contribution in [3.05, 3.63) is 112 Å². The fourth-order valence-electron chi connectivity index (χ4n) is 5.38. The number of thiophene rings is 1. The van der Waals surface area contributed by atoms with Crippen molar-refractivity contribution in [2.24, 2.45) is 11.3 Å². The number of carbonyl (C=O) groups is 2. The first-order chi connectivity index (χ1) is 20.2. The molecule has 0 fully saturated rings. The lowest BCUT2D eigenvalue weighted by Crippen LogP contribution is -2.26. The molecule has 4 aromatic rings. The molecule has 214 valence electrons. The zero-order valence-corrected chi connectivity index (χ0v) is 25.8.